The number of rotatable bonds is 6. The van der Waals surface area contributed by atoms with Gasteiger partial charge in [0, 0.05) is 60.1 Å². The first-order valence-electron chi connectivity index (χ1n) is 13.4. The number of Topliss-reactive ketones (excluding diaryl/α,β-unsaturated/α-hetero) is 1. The van der Waals surface area contributed by atoms with Gasteiger partial charge in [-0.2, -0.15) is 11.8 Å². The number of anilines is 1. The Morgan fingerprint density at radius 2 is 1.75 bits per heavy atom. The molecule has 2 heterocycles. The Bertz CT molecular complexity index is 1500. The van der Waals surface area contributed by atoms with Crippen LogP contribution < -0.4 is 10.6 Å². The molecule has 3 aromatic rings. The highest BCUT2D eigenvalue weighted by Crippen LogP contribution is 2.37. The maximum Gasteiger partial charge on any atom is 0.256 e. The van der Waals surface area contributed by atoms with Crippen LogP contribution in [-0.4, -0.2) is 53.9 Å². The molecule has 2 aliphatic heterocycles. The third-order valence-electron chi connectivity index (χ3n) is 7.70. The summed E-state index contributed by atoms with van der Waals surface area (Å²) in [4.78, 5) is 29.7. The SMILES string of the molecule is COC1C=CC2=CNC=C3CSCCN3C2C1C(=O)c1ccc(NC(=O)c2ccccc2-c2ccccc2)cc1. The number of amides is 1. The third kappa shape index (κ3) is 5.10. The van der Waals surface area contributed by atoms with Gasteiger partial charge in [0.15, 0.2) is 5.78 Å². The normalized spacial score (nSPS) is 21.6. The molecule has 2 N–H and O–H groups in total. The van der Waals surface area contributed by atoms with E-state index in [1.54, 1.807) is 31.4 Å². The molecule has 3 atom stereocenters. The number of fused-ring (bicyclic) bond motifs is 3. The van der Waals surface area contributed by atoms with Crippen LogP contribution in [0.5, 0.6) is 0 Å². The molecule has 3 aliphatic rings. The Morgan fingerprint density at radius 3 is 2.55 bits per heavy atom. The molecule has 0 spiro atoms. The largest absolute Gasteiger partial charge is 0.377 e. The van der Waals surface area contributed by atoms with Gasteiger partial charge in [0.25, 0.3) is 5.91 Å². The molecule has 1 fully saturated rings. The smallest absolute Gasteiger partial charge is 0.256 e. The van der Waals surface area contributed by atoms with E-state index < -0.39 is 5.92 Å². The summed E-state index contributed by atoms with van der Waals surface area (Å²) in [7, 11) is 1.66. The maximum absolute atomic E-state index is 14.1. The Morgan fingerprint density at radius 1 is 0.975 bits per heavy atom. The monoisotopic (exact) mass is 549 g/mol. The number of benzene rings is 3. The average Bonchev–Trinajstić information content (AvgIpc) is 3.20. The quantitative estimate of drug-likeness (QED) is 0.383. The molecule has 1 amide bonds. The number of carbonyl (C=O) groups is 2. The molecule has 0 saturated carbocycles. The highest BCUT2D eigenvalue weighted by Gasteiger charge is 2.43. The molecule has 0 radical (unpaired) electrons. The van der Waals surface area contributed by atoms with Crippen LogP contribution in [0, 0.1) is 5.92 Å². The number of ketones is 1. The van der Waals surface area contributed by atoms with Crippen molar-refractivity contribution >= 4 is 29.1 Å². The van der Waals surface area contributed by atoms with Crippen LogP contribution in [0.3, 0.4) is 0 Å². The predicted octanol–water partition coefficient (Wildman–Crippen LogP) is 5.74. The van der Waals surface area contributed by atoms with Gasteiger partial charge in [-0.05, 0) is 47.0 Å². The molecular formula is C33H31N3O3S. The lowest BCUT2D eigenvalue weighted by Gasteiger charge is -2.44. The third-order valence-corrected chi connectivity index (χ3v) is 8.67. The molecule has 0 aromatic heterocycles. The Hall–Kier alpha value is -4.07. The number of nitrogens with one attached hydrogen (secondary N) is 2. The molecule has 6 nitrogen and oxygen atoms in total. The molecule has 6 rings (SSSR count). The van der Waals surface area contributed by atoms with Gasteiger partial charge in [-0.25, -0.2) is 0 Å². The molecule has 3 unspecified atom stereocenters. The number of ether oxygens (including phenoxy) is 1. The van der Waals surface area contributed by atoms with E-state index in [0.29, 0.717) is 16.8 Å². The Balaban J connectivity index is 1.24. The lowest BCUT2D eigenvalue weighted by Crippen LogP contribution is -2.52. The summed E-state index contributed by atoms with van der Waals surface area (Å²) in [6.07, 6.45) is 7.75. The summed E-state index contributed by atoms with van der Waals surface area (Å²) < 4.78 is 5.83. The minimum absolute atomic E-state index is 0.0267. The summed E-state index contributed by atoms with van der Waals surface area (Å²) in [5.74, 6) is 1.36. The number of carbonyl (C=O) groups excluding carboxylic acids is 2. The highest BCUT2D eigenvalue weighted by atomic mass is 32.2. The van der Waals surface area contributed by atoms with Crippen LogP contribution in [0.4, 0.5) is 5.69 Å². The van der Waals surface area contributed by atoms with E-state index in [0.717, 1.165) is 34.8 Å². The fourth-order valence-corrected chi connectivity index (χ4v) is 6.67. The van der Waals surface area contributed by atoms with E-state index >= 15 is 0 Å². The van der Waals surface area contributed by atoms with Gasteiger partial charge in [-0.15, -0.1) is 0 Å². The first kappa shape index (κ1) is 26.2. The van der Waals surface area contributed by atoms with Crippen molar-refractivity contribution < 1.29 is 14.3 Å². The van der Waals surface area contributed by atoms with E-state index in [-0.39, 0.29) is 23.8 Å². The summed E-state index contributed by atoms with van der Waals surface area (Å²) >= 11 is 1.90. The first-order valence-corrected chi connectivity index (χ1v) is 14.6. The minimum Gasteiger partial charge on any atom is -0.377 e. The van der Waals surface area contributed by atoms with Gasteiger partial charge >= 0.3 is 0 Å². The maximum atomic E-state index is 14.1. The second-order valence-corrected chi connectivity index (χ2v) is 11.1. The van der Waals surface area contributed by atoms with Crippen LogP contribution >= 0.6 is 11.8 Å². The van der Waals surface area contributed by atoms with Crippen molar-refractivity contribution in [2.24, 2.45) is 5.92 Å². The van der Waals surface area contributed by atoms with Crippen molar-refractivity contribution in [3.05, 3.63) is 126 Å². The van der Waals surface area contributed by atoms with Gasteiger partial charge in [-0.3, -0.25) is 9.59 Å². The number of hydrogen-bond donors (Lipinski definition) is 2. The molecular weight excluding hydrogens is 518 g/mol. The molecule has 0 bridgehead atoms. The van der Waals surface area contributed by atoms with Crippen LogP contribution in [0.1, 0.15) is 20.7 Å². The fourth-order valence-electron chi connectivity index (χ4n) is 5.74. The second-order valence-electron chi connectivity index (χ2n) is 10.0. The number of thioether (sulfide) groups is 1. The Kier molecular flexibility index (Phi) is 7.58. The van der Waals surface area contributed by atoms with Gasteiger partial charge in [-0.1, -0.05) is 60.7 Å². The standard InChI is InChI=1S/C33H31N3O3S/c1-39-29-16-13-24-19-34-20-26-21-40-18-17-36(26)31(24)30(29)32(37)23-11-14-25(15-12-23)35-33(38)28-10-6-5-9-27(28)22-7-3-2-4-8-22/h2-16,19-20,29-31,34H,17-18,21H2,1H3,(H,35,38). The van der Waals surface area contributed by atoms with Crippen molar-refractivity contribution in [3.63, 3.8) is 0 Å². The van der Waals surface area contributed by atoms with Crippen molar-refractivity contribution in [2.75, 3.05) is 30.5 Å². The zero-order valence-corrected chi connectivity index (χ0v) is 23.1. The fraction of sp³-hybridized carbons (Fsp3) is 0.212. The van der Waals surface area contributed by atoms with Crippen LogP contribution in [-0.2, 0) is 4.74 Å². The van der Waals surface area contributed by atoms with E-state index in [4.69, 9.17) is 4.74 Å². The van der Waals surface area contributed by atoms with E-state index in [2.05, 4.69) is 21.6 Å². The van der Waals surface area contributed by atoms with Gasteiger partial charge < -0.3 is 20.3 Å². The molecule has 3 aromatic carbocycles. The molecule has 1 aliphatic carbocycles. The van der Waals surface area contributed by atoms with Crippen molar-refractivity contribution in [3.8, 4) is 11.1 Å². The van der Waals surface area contributed by atoms with Crippen LogP contribution in [0.25, 0.3) is 11.1 Å². The predicted molar refractivity (Wildman–Crippen MR) is 161 cm³/mol. The lowest BCUT2D eigenvalue weighted by atomic mass is 9.77. The highest BCUT2D eigenvalue weighted by molar-refractivity contribution is 7.99. The molecule has 202 valence electrons. The van der Waals surface area contributed by atoms with Gasteiger partial charge in [0.05, 0.1) is 18.1 Å². The van der Waals surface area contributed by atoms with Crippen molar-refractivity contribution in [1.82, 2.24) is 10.2 Å². The summed E-state index contributed by atoms with van der Waals surface area (Å²) in [6, 6.07) is 24.5. The summed E-state index contributed by atoms with van der Waals surface area (Å²) in [6.45, 7) is 0.879. The van der Waals surface area contributed by atoms with Gasteiger partial charge in [0.1, 0.15) is 0 Å². The number of methoxy groups -OCH3 is 1. The average molecular weight is 550 g/mol. The zero-order valence-electron chi connectivity index (χ0n) is 22.2. The van der Waals surface area contributed by atoms with E-state index in [1.165, 1.54) is 5.70 Å². The summed E-state index contributed by atoms with van der Waals surface area (Å²) in [5, 5.41) is 6.31. The van der Waals surface area contributed by atoms with Gasteiger partial charge in [0.2, 0.25) is 0 Å². The topological polar surface area (TPSA) is 70.7 Å². The van der Waals surface area contributed by atoms with Crippen LogP contribution in [0.2, 0.25) is 0 Å². The molecule has 40 heavy (non-hydrogen) atoms. The molecule has 7 heteroatoms. The van der Waals surface area contributed by atoms with E-state index in [1.807, 2.05) is 84.8 Å². The van der Waals surface area contributed by atoms with E-state index in [9.17, 15) is 9.59 Å². The first-order chi connectivity index (χ1) is 19.6. The minimum atomic E-state index is -0.397. The summed E-state index contributed by atoms with van der Waals surface area (Å²) in [5.41, 5.74) is 5.95. The zero-order chi connectivity index (χ0) is 27.5. The number of nitrogens with zero attached hydrogens (tertiary/aromatic N) is 1. The second kappa shape index (κ2) is 11.6. The van der Waals surface area contributed by atoms with Crippen molar-refractivity contribution in [1.29, 1.82) is 0 Å². The van der Waals surface area contributed by atoms with Crippen LogP contribution in [0.15, 0.2) is 115 Å². The van der Waals surface area contributed by atoms with Crippen molar-refractivity contribution in [2.45, 2.75) is 12.1 Å². The lowest BCUT2D eigenvalue weighted by molar-refractivity contribution is 0.0418. The Labute approximate surface area is 238 Å². The molecule has 1 saturated heterocycles. The number of hydrogen-bond acceptors (Lipinski definition) is 6.